The summed E-state index contributed by atoms with van der Waals surface area (Å²) in [7, 11) is 0. The average Bonchev–Trinajstić information content (AvgIpc) is 3.19. The van der Waals surface area contributed by atoms with Crippen molar-refractivity contribution in [2.24, 2.45) is 0 Å². The lowest BCUT2D eigenvalue weighted by molar-refractivity contribution is 0.244. The first-order chi connectivity index (χ1) is 10.4. The number of aromatic nitrogens is 3. The fourth-order valence-electron chi connectivity index (χ4n) is 3.05. The molecule has 2 atom stereocenters. The molecule has 0 unspecified atom stereocenters. The number of aliphatic hydroxyl groups is 1. The number of aliphatic hydroxyl groups excluding tert-OH is 1. The van der Waals surface area contributed by atoms with Crippen molar-refractivity contribution in [3.05, 3.63) is 34.3 Å². The minimum atomic E-state index is -0.0385. The van der Waals surface area contributed by atoms with Crippen molar-refractivity contribution in [3.63, 3.8) is 0 Å². The Kier molecular flexibility index (Phi) is 7.26. The lowest BCUT2D eigenvalue weighted by atomic mass is 9.90. The molecule has 1 aliphatic carbocycles. The van der Waals surface area contributed by atoms with Crippen LogP contribution in [0.5, 0.6) is 0 Å². The van der Waals surface area contributed by atoms with Crippen molar-refractivity contribution < 1.29 is 5.11 Å². The predicted molar refractivity (Wildman–Crippen MR) is 98.7 cm³/mol. The number of hydrogen-bond acceptors (Lipinski definition) is 5. The van der Waals surface area contributed by atoms with Gasteiger partial charge in [-0.15, -0.1) is 40.4 Å². The zero-order valence-electron chi connectivity index (χ0n) is 12.5. The molecule has 5 nitrogen and oxygen atoms in total. The molecule has 7 heteroatoms. The smallest absolute Gasteiger partial charge is 0.108 e. The van der Waals surface area contributed by atoms with E-state index in [4.69, 9.17) is 5.11 Å². The van der Waals surface area contributed by atoms with Crippen LogP contribution in [0.2, 0.25) is 0 Å². The summed E-state index contributed by atoms with van der Waals surface area (Å²) in [6.45, 7) is 0.965. The van der Waals surface area contributed by atoms with Crippen molar-refractivity contribution in [1.29, 1.82) is 0 Å². The predicted octanol–water partition coefficient (Wildman–Crippen LogP) is 2.77. The summed E-state index contributed by atoms with van der Waals surface area (Å²) < 4.78 is 1.94. The average molecular weight is 434 g/mol. The van der Waals surface area contributed by atoms with E-state index in [1.54, 1.807) is 0 Å². The highest BCUT2D eigenvalue weighted by Crippen LogP contribution is 2.28. The number of nitrogens with zero attached hydrogens (tertiary/aromatic N) is 3. The number of nitrogens with one attached hydrogen (secondary N) is 1. The summed E-state index contributed by atoms with van der Waals surface area (Å²) in [5.41, 5.74) is 0.651. The van der Waals surface area contributed by atoms with Crippen LogP contribution in [0.4, 0.5) is 0 Å². The van der Waals surface area contributed by atoms with Gasteiger partial charge < -0.3 is 10.4 Å². The normalized spacial score (nSPS) is 21.5. The fraction of sp³-hybridized carbons (Fsp3) is 0.600. The third-order valence-corrected chi connectivity index (χ3v) is 5.08. The molecule has 0 bridgehead atoms. The third kappa shape index (κ3) is 4.50. The third-order valence-electron chi connectivity index (χ3n) is 4.15. The standard InChI is InChI=1S/C15H22N4OS.HI/c20-11-12-10-19(18-17-12)15-6-2-1-5-14(15)16-8-7-13-4-3-9-21-13;/h3-4,9-10,14-16,20H,1-2,5-8,11H2;1H/t14-,15+;/m0./s1. The highest BCUT2D eigenvalue weighted by atomic mass is 127. The summed E-state index contributed by atoms with van der Waals surface area (Å²) in [5, 5.41) is 23.1. The van der Waals surface area contributed by atoms with Crippen molar-refractivity contribution in [3.8, 4) is 0 Å². The molecule has 2 aromatic rings. The lowest BCUT2D eigenvalue weighted by Gasteiger charge is -2.32. The van der Waals surface area contributed by atoms with E-state index in [-0.39, 0.29) is 30.6 Å². The van der Waals surface area contributed by atoms with Gasteiger partial charge >= 0.3 is 0 Å². The second-order valence-electron chi connectivity index (χ2n) is 5.59. The molecule has 0 spiro atoms. The first-order valence-corrected chi connectivity index (χ1v) is 8.52. The van der Waals surface area contributed by atoms with Gasteiger partial charge in [-0.1, -0.05) is 24.1 Å². The zero-order chi connectivity index (χ0) is 14.5. The Morgan fingerprint density at radius 1 is 1.36 bits per heavy atom. The molecule has 3 rings (SSSR count). The Hall–Kier alpha value is -0.510. The van der Waals surface area contributed by atoms with Crippen LogP contribution >= 0.6 is 35.3 Å². The molecule has 2 N–H and O–H groups in total. The van der Waals surface area contributed by atoms with Crippen LogP contribution in [0.1, 0.15) is 42.3 Å². The van der Waals surface area contributed by atoms with Crippen molar-refractivity contribution in [2.75, 3.05) is 6.54 Å². The fourth-order valence-corrected chi connectivity index (χ4v) is 3.76. The van der Waals surface area contributed by atoms with Gasteiger partial charge in [0.2, 0.25) is 0 Å². The van der Waals surface area contributed by atoms with E-state index < -0.39 is 0 Å². The summed E-state index contributed by atoms with van der Waals surface area (Å²) >= 11 is 1.82. The molecule has 0 aromatic carbocycles. The topological polar surface area (TPSA) is 63.0 Å². The first-order valence-electron chi connectivity index (χ1n) is 7.64. The van der Waals surface area contributed by atoms with E-state index in [9.17, 15) is 0 Å². The van der Waals surface area contributed by atoms with E-state index in [1.807, 2.05) is 22.2 Å². The summed E-state index contributed by atoms with van der Waals surface area (Å²) in [5.74, 6) is 0. The number of rotatable bonds is 6. The van der Waals surface area contributed by atoms with E-state index >= 15 is 0 Å². The molecule has 0 radical (unpaired) electrons. The molecule has 0 saturated heterocycles. The molecule has 0 amide bonds. The number of thiophene rings is 1. The van der Waals surface area contributed by atoms with E-state index in [0.29, 0.717) is 17.8 Å². The van der Waals surface area contributed by atoms with Crippen molar-refractivity contribution in [2.45, 2.75) is 50.8 Å². The molecule has 1 aliphatic rings. The van der Waals surface area contributed by atoms with Gasteiger partial charge in [0.1, 0.15) is 5.69 Å². The van der Waals surface area contributed by atoms with Gasteiger partial charge in [0.05, 0.1) is 18.8 Å². The zero-order valence-corrected chi connectivity index (χ0v) is 15.7. The molecule has 2 heterocycles. The number of halogens is 1. The van der Waals surface area contributed by atoms with Gasteiger partial charge in [-0.25, -0.2) is 4.68 Å². The maximum atomic E-state index is 9.13. The SMILES string of the molecule is I.OCc1cn([C@@H]2CCCC[C@@H]2NCCc2cccs2)nn1. The number of hydrogen-bond donors (Lipinski definition) is 2. The lowest BCUT2D eigenvalue weighted by Crippen LogP contribution is -2.41. The molecule has 1 saturated carbocycles. The Balaban J connectivity index is 0.00000176. The van der Waals surface area contributed by atoms with Crippen LogP contribution < -0.4 is 5.32 Å². The molecule has 2 aromatic heterocycles. The summed E-state index contributed by atoms with van der Waals surface area (Å²) in [4.78, 5) is 1.43. The van der Waals surface area contributed by atoms with Gasteiger partial charge in [-0.3, -0.25) is 0 Å². The maximum absolute atomic E-state index is 9.13. The van der Waals surface area contributed by atoms with Gasteiger partial charge in [-0.05, 0) is 30.7 Å². The quantitative estimate of drug-likeness (QED) is 0.687. The second-order valence-corrected chi connectivity index (χ2v) is 6.62. The first kappa shape index (κ1) is 17.8. The highest BCUT2D eigenvalue weighted by Gasteiger charge is 2.27. The van der Waals surface area contributed by atoms with Crippen LogP contribution in [0.3, 0.4) is 0 Å². The summed E-state index contributed by atoms with van der Waals surface area (Å²) in [6, 6.07) is 5.10. The maximum Gasteiger partial charge on any atom is 0.108 e. The Bertz CT molecular complexity index is 545. The van der Waals surface area contributed by atoms with Crippen LogP contribution in [0.25, 0.3) is 0 Å². The Morgan fingerprint density at radius 3 is 2.95 bits per heavy atom. The molecule has 122 valence electrons. The molecule has 0 aliphatic heterocycles. The van der Waals surface area contributed by atoms with Crippen LogP contribution in [0, 0.1) is 0 Å². The molecule has 22 heavy (non-hydrogen) atoms. The monoisotopic (exact) mass is 434 g/mol. The van der Waals surface area contributed by atoms with E-state index in [1.165, 1.54) is 24.1 Å². The second kappa shape index (κ2) is 8.95. The van der Waals surface area contributed by atoms with Crippen LogP contribution in [-0.4, -0.2) is 32.7 Å². The van der Waals surface area contributed by atoms with Crippen molar-refractivity contribution >= 4 is 35.3 Å². The Morgan fingerprint density at radius 2 is 2.23 bits per heavy atom. The van der Waals surface area contributed by atoms with E-state index in [0.717, 1.165) is 19.4 Å². The molecular weight excluding hydrogens is 411 g/mol. The minimum absolute atomic E-state index is 0. The molecule has 1 fully saturated rings. The van der Waals surface area contributed by atoms with Crippen molar-refractivity contribution in [1.82, 2.24) is 20.3 Å². The summed E-state index contributed by atoms with van der Waals surface area (Å²) in [6.07, 6.45) is 7.79. The molecular formula is C15H23IN4OS. The van der Waals surface area contributed by atoms with Crippen LogP contribution in [-0.2, 0) is 13.0 Å². The highest BCUT2D eigenvalue weighted by molar-refractivity contribution is 14.0. The largest absolute Gasteiger partial charge is 0.390 e. The van der Waals surface area contributed by atoms with Gasteiger partial charge in [-0.2, -0.15) is 0 Å². The van der Waals surface area contributed by atoms with E-state index in [2.05, 4.69) is 33.1 Å². The van der Waals surface area contributed by atoms with Gasteiger partial charge in [0.15, 0.2) is 0 Å². The van der Waals surface area contributed by atoms with Crippen LogP contribution in [0.15, 0.2) is 23.7 Å². The van der Waals surface area contributed by atoms with Gasteiger partial charge in [0, 0.05) is 17.5 Å². The van der Waals surface area contributed by atoms with Gasteiger partial charge in [0.25, 0.3) is 0 Å². The minimum Gasteiger partial charge on any atom is -0.390 e. The Labute approximate surface area is 152 Å².